The summed E-state index contributed by atoms with van der Waals surface area (Å²) in [6, 6.07) is 7.80. The third-order valence-corrected chi connectivity index (χ3v) is 3.54. The van der Waals surface area contributed by atoms with Crippen molar-refractivity contribution >= 4 is 27.8 Å². The van der Waals surface area contributed by atoms with Crippen LogP contribution in [0.25, 0.3) is 0 Å². The number of rotatable bonds is 9. The van der Waals surface area contributed by atoms with Crippen molar-refractivity contribution in [3.63, 3.8) is 0 Å². The van der Waals surface area contributed by atoms with Crippen LogP contribution < -0.4 is 5.32 Å². The van der Waals surface area contributed by atoms with Crippen molar-refractivity contribution in [2.75, 3.05) is 20.3 Å². The van der Waals surface area contributed by atoms with E-state index in [-0.39, 0.29) is 24.8 Å². The van der Waals surface area contributed by atoms with Gasteiger partial charge >= 0.3 is 5.97 Å². The molecule has 0 heterocycles. The van der Waals surface area contributed by atoms with Gasteiger partial charge in [-0.15, -0.1) is 0 Å². The van der Waals surface area contributed by atoms with Crippen molar-refractivity contribution in [2.24, 2.45) is 5.92 Å². The topological polar surface area (TPSA) is 75.6 Å². The summed E-state index contributed by atoms with van der Waals surface area (Å²) in [7, 11) is 1.60. The number of nitrogens with one attached hydrogen (secondary N) is 1. The monoisotopic (exact) mass is 357 g/mol. The van der Waals surface area contributed by atoms with Crippen molar-refractivity contribution in [2.45, 2.75) is 19.3 Å². The highest BCUT2D eigenvalue weighted by molar-refractivity contribution is 9.10. The number of hydrogen-bond donors (Lipinski definition) is 2. The number of carboxylic acids is 1. The van der Waals surface area contributed by atoms with Crippen LogP contribution in [0.3, 0.4) is 0 Å². The van der Waals surface area contributed by atoms with Crippen LogP contribution in [0.15, 0.2) is 28.7 Å². The molecule has 1 rings (SSSR count). The third-order valence-electron chi connectivity index (χ3n) is 3.05. The van der Waals surface area contributed by atoms with Crippen LogP contribution in [0.1, 0.15) is 18.4 Å². The molecule has 0 aliphatic carbocycles. The lowest BCUT2D eigenvalue weighted by atomic mass is 9.95. The normalized spacial score (nSPS) is 11.9. The Balaban J connectivity index is 2.61. The maximum Gasteiger partial charge on any atom is 0.305 e. The average Bonchev–Trinajstić information content (AvgIpc) is 2.43. The molecule has 0 aromatic heterocycles. The Bertz CT molecular complexity index is 478. The molecule has 0 saturated carbocycles. The maximum absolute atomic E-state index is 12.1. The van der Waals surface area contributed by atoms with Gasteiger partial charge < -0.3 is 15.2 Å². The fourth-order valence-corrected chi connectivity index (χ4v) is 2.42. The van der Waals surface area contributed by atoms with Gasteiger partial charge in [0.25, 0.3) is 0 Å². The van der Waals surface area contributed by atoms with Crippen molar-refractivity contribution in [1.82, 2.24) is 5.32 Å². The first-order valence-corrected chi connectivity index (χ1v) is 7.55. The van der Waals surface area contributed by atoms with Gasteiger partial charge in [0.1, 0.15) is 0 Å². The number of benzene rings is 1. The molecule has 0 aliphatic heterocycles. The minimum atomic E-state index is -0.921. The van der Waals surface area contributed by atoms with Gasteiger partial charge in [0, 0.05) is 30.7 Å². The molecule has 0 saturated heterocycles. The van der Waals surface area contributed by atoms with E-state index in [1.165, 1.54) is 0 Å². The van der Waals surface area contributed by atoms with E-state index in [1.807, 2.05) is 24.3 Å². The molecule has 5 nitrogen and oxygen atoms in total. The van der Waals surface area contributed by atoms with E-state index in [1.54, 1.807) is 7.11 Å². The molecular weight excluding hydrogens is 338 g/mol. The van der Waals surface area contributed by atoms with E-state index in [2.05, 4.69) is 21.2 Å². The number of methoxy groups -OCH3 is 1. The Morgan fingerprint density at radius 2 is 2.19 bits per heavy atom. The minimum Gasteiger partial charge on any atom is -0.481 e. The summed E-state index contributed by atoms with van der Waals surface area (Å²) >= 11 is 3.41. The molecule has 0 bridgehead atoms. The molecular formula is C15H20BrNO4. The zero-order chi connectivity index (χ0) is 15.7. The summed E-state index contributed by atoms with van der Waals surface area (Å²) in [6.07, 6.45) is 1.13. The van der Waals surface area contributed by atoms with E-state index in [0.29, 0.717) is 19.4 Å². The first-order valence-electron chi connectivity index (χ1n) is 6.75. The van der Waals surface area contributed by atoms with E-state index < -0.39 is 5.97 Å². The van der Waals surface area contributed by atoms with Gasteiger partial charge in [-0.05, 0) is 30.5 Å². The number of amides is 1. The van der Waals surface area contributed by atoms with Gasteiger partial charge in [-0.2, -0.15) is 0 Å². The molecule has 116 valence electrons. The molecule has 1 amide bonds. The van der Waals surface area contributed by atoms with E-state index in [0.717, 1.165) is 10.0 Å². The standard InChI is InChI=1S/C15H20BrNO4/c1-21-8-6-12(15(20)17-7-5-14(18)19)9-11-3-2-4-13(16)10-11/h2-4,10,12H,5-9H2,1H3,(H,17,20)(H,18,19). The lowest BCUT2D eigenvalue weighted by molar-refractivity contribution is -0.137. The van der Waals surface area contributed by atoms with Gasteiger partial charge in [0.2, 0.25) is 5.91 Å². The first-order chi connectivity index (χ1) is 10.0. The van der Waals surface area contributed by atoms with E-state index in [4.69, 9.17) is 9.84 Å². The summed E-state index contributed by atoms with van der Waals surface area (Å²) in [6.45, 7) is 0.640. The summed E-state index contributed by atoms with van der Waals surface area (Å²) < 4.78 is 6.01. The molecule has 0 spiro atoms. The Labute approximate surface area is 132 Å². The first kappa shape index (κ1) is 17.7. The van der Waals surface area contributed by atoms with Gasteiger partial charge in [0.05, 0.1) is 6.42 Å². The van der Waals surface area contributed by atoms with Crippen LogP contribution in [-0.4, -0.2) is 37.2 Å². The highest BCUT2D eigenvalue weighted by atomic mass is 79.9. The molecule has 1 aromatic carbocycles. The second-order valence-electron chi connectivity index (χ2n) is 4.75. The molecule has 21 heavy (non-hydrogen) atoms. The van der Waals surface area contributed by atoms with Gasteiger partial charge in [-0.25, -0.2) is 0 Å². The van der Waals surface area contributed by atoms with Crippen LogP contribution >= 0.6 is 15.9 Å². The maximum atomic E-state index is 12.1. The van der Waals surface area contributed by atoms with Gasteiger partial charge in [0.15, 0.2) is 0 Å². The van der Waals surface area contributed by atoms with Crippen LogP contribution in [0.2, 0.25) is 0 Å². The predicted octanol–water partition coefficient (Wildman–Crippen LogP) is 2.24. The molecule has 1 unspecified atom stereocenters. The van der Waals surface area contributed by atoms with Gasteiger partial charge in [-0.1, -0.05) is 28.1 Å². The van der Waals surface area contributed by atoms with Crippen LogP contribution in [0.4, 0.5) is 0 Å². The summed E-state index contributed by atoms with van der Waals surface area (Å²) in [5, 5.41) is 11.3. The van der Waals surface area contributed by atoms with Gasteiger partial charge in [-0.3, -0.25) is 9.59 Å². The summed E-state index contributed by atoms with van der Waals surface area (Å²) in [4.78, 5) is 22.6. The quantitative estimate of drug-likeness (QED) is 0.710. The number of carboxylic acid groups (broad SMARTS) is 1. The molecule has 0 aliphatic rings. The molecule has 2 N–H and O–H groups in total. The Kier molecular flexibility index (Phi) is 8.00. The van der Waals surface area contributed by atoms with Crippen LogP contribution in [0.5, 0.6) is 0 Å². The zero-order valence-corrected chi connectivity index (χ0v) is 13.6. The Morgan fingerprint density at radius 1 is 1.43 bits per heavy atom. The second kappa shape index (κ2) is 9.52. The number of hydrogen-bond acceptors (Lipinski definition) is 3. The number of aliphatic carboxylic acids is 1. The Morgan fingerprint density at radius 3 is 2.81 bits per heavy atom. The number of ether oxygens (including phenoxy) is 1. The molecule has 0 radical (unpaired) electrons. The molecule has 6 heteroatoms. The highest BCUT2D eigenvalue weighted by Gasteiger charge is 2.18. The SMILES string of the molecule is COCCC(Cc1cccc(Br)c1)C(=O)NCCC(=O)O. The smallest absolute Gasteiger partial charge is 0.305 e. The second-order valence-corrected chi connectivity index (χ2v) is 5.66. The van der Waals surface area contributed by atoms with Crippen molar-refractivity contribution in [3.05, 3.63) is 34.3 Å². The lowest BCUT2D eigenvalue weighted by Crippen LogP contribution is -2.34. The third kappa shape index (κ3) is 7.24. The highest BCUT2D eigenvalue weighted by Crippen LogP contribution is 2.17. The predicted molar refractivity (Wildman–Crippen MR) is 83.1 cm³/mol. The summed E-state index contributed by atoms with van der Waals surface area (Å²) in [5.41, 5.74) is 1.05. The van der Waals surface area contributed by atoms with Crippen LogP contribution in [0, 0.1) is 5.92 Å². The average molecular weight is 358 g/mol. The van der Waals surface area contributed by atoms with Crippen molar-refractivity contribution in [3.8, 4) is 0 Å². The molecule has 0 fully saturated rings. The molecule has 1 aromatic rings. The summed E-state index contributed by atoms with van der Waals surface area (Å²) in [5.74, 6) is -1.28. The number of carbonyl (C=O) groups excluding carboxylic acids is 1. The number of carbonyl (C=O) groups is 2. The molecule has 1 atom stereocenters. The van der Waals surface area contributed by atoms with E-state index in [9.17, 15) is 9.59 Å². The fourth-order valence-electron chi connectivity index (χ4n) is 1.97. The van der Waals surface area contributed by atoms with Crippen molar-refractivity contribution in [1.29, 1.82) is 0 Å². The van der Waals surface area contributed by atoms with Crippen molar-refractivity contribution < 1.29 is 19.4 Å². The number of halogens is 1. The fraction of sp³-hybridized carbons (Fsp3) is 0.467. The zero-order valence-electron chi connectivity index (χ0n) is 12.0. The Hall–Kier alpha value is -1.40. The van der Waals surface area contributed by atoms with E-state index >= 15 is 0 Å². The largest absolute Gasteiger partial charge is 0.481 e. The minimum absolute atomic E-state index is 0.0698. The lowest BCUT2D eigenvalue weighted by Gasteiger charge is -2.16. The van der Waals surface area contributed by atoms with Crippen LogP contribution in [-0.2, 0) is 20.7 Å².